The Balaban J connectivity index is 1.96. The standard InChI is InChI=1S/C16H20N2O2/c1-3-17-15(10-4-5-10)12-7-6-11-9-14(19)18(2)16(20)13(11)8-12/h6-8,10,15,17H,3-5,9H2,1-2H3. The maximum absolute atomic E-state index is 12.2. The van der Waals surface area contributed by atoms with Crippen molar-refractivity contribution in [3.8, 4) is 0 Å². The highest BCUT2D eigenvalue weighted by atomic mass is 16.2. The molecule has 2 amide bonds. The van der Waals surface area contributed by atoms with Crippen LogP contribution in [0.4, 0.5) is 0 Å². The fourth-order valence-corrected chi connectivity index (χ4v) is 2.92. The molecule has 1 N–H and O–H groups in total. The van der Waals surface area contributed by atoms with Crippen LogP contribution in [-0.2, 0) is 11.2 Å². The first-order valence-corrected chi connectivity index (χ1v) is 7.29. The predicted octanol–water partition coefficient (Wildman–Crippen LogP) is 1.90. The Morgan fingerprint density at radius 1 is 1.35 bits per heavy atom. The number of likely N-dealkylation sites (N-methyl/N-ethyl adjacent to an activating group) is 1. The molecule has 1 unspecified atom stereocenters. The van der Waals surface area contributed by atoms with Crippen LogP contribution in [-0.4, -0.2) is 30.3 Å². The van der Waals surface area contributed by atoms with Crippen molar-refractivity contribution in [1.82, 2.24) is 10.2 Å². The normalized spacial score (nSPS) is 20.0. The smallest absolute Gasteiger partial charge is 0.260 e. The van der Waals surface area contributed by atoms with E-state index in [1.54, 1.807) is 7.05 Å². The molecule has 1 heterocycles. The van der Waals surface area contributed by atoms with E-state index in [1.165, 1.54) is 23.3 Å². The fraction of sp³-hybridized carbons (Fsp3) is 0.500. The van der Waals surface area contributed by atoms with Gasteiger partial charge in [0.1, 0.15) is 0 Å². The van der Waals surface area contributed by atoms with Crippen LogP contribution in [0.2, 0.25) is 0 Å². The van der Waals surface area contributed by atoms with Gasteiger partial charge >= 0.3 is 0 Å². The molecule has 0 bridgehead atoms. The third kappa shape index (κ3) is 2.24. The lowest BCUT2D eigenvalue weighted by molar-refractivity contribution is -0.127. The lowest BCUT2D eigenvalue weighted by atomic mass is 9.92. The van der Waals surface area contributed by atoms with E-state index >= 15 is 0 Å². The molecule has 1 aromatic carbocycles. The van der Waals surface area contributed by atoms with E-state index in [-0.39, 0.29) is 11.8 Å². The first kappa shape index (κ1) is 13.3. The molecule has 2 aliphatic rings. The van der Waals surface area contributed by atoms with Crippen LogP contribution < -0.4 is 5.32 Å². The van der Waals surface area contributed by atoms with Crippen LogP contribution in [0, 0.1) is 5.92 Å². The Morgan fingerprint density at radius 3 is 2.75 bits per heavy atom. The zero-order chi connectivity index (χ0) is 14.3. The minimum absolute atomic E-state index is 0.124. The summed E-state index contributed by atoms with van der Waals surface area (Å²) < 4.78 is 0. The molecule has 3 rings (SSSR count). The lowest BCUT2D eigenvalue weighted by Crippen LogP contribution is -2.39. The molecule has 0 spiro atoms. The lowest BCUT2D eigenvalue weighted by Gasteiger charge is -2.25. The predicted molar refractivity (Wildman–Crippen MR) is 76.4 cm³/mol. The molecule has 0 aromatic heterocycles. The monoisotopic (exact) mass is 272 g/mol. The molecule has 1 aliphatic carbocycles. The molecule has 1 saturated carbocycles. The van der Waals surface area contributed by atoms with Gasteiger partial charge in [0.15, 0.2) is 0 Å². The van der Waals surface area contributed by atoms with E-state index in [1.807, 2.05) is 12.1 Å². The van der Waals surface area contributed by atoms with Crippen LogP contribution in [0.5, 0.6) is 0 Å². The number of carbonyl (C=O) groups is 2. The van der Waals surface area contributed by atoms with Crippen LogP contribution in [0.25, 0.3) is 0 Å². The second-order valence-electron chi connectivity index (χ2n) is 5.72. The van der Waals surface area contributed by atoms with Gasteiger partial charge < -0.3 is 5.32 Å². The summed E-state index contributed by atoms with van der Waals surface area (Å²) in [7, 11) is 1.56. The second-order valence-corrected chi connectivity index (χ2v) is 5.72. The number of nitrogens with one attached hydrogen (secondary N) is 1. The van der Waals surface area contributed by atoms with Crippen molar-refractivity contribution in [2.75, 3.05) is 13.6 Å². The first-order valence-electron chi connectivity index (χ1n) is 7.29. The summed E-state index contributed by atoms with van der Waals surface area (Å²) in [6.07, 6.45) is 2.83. The largest absolute Gasteiger partial charge is 0.310 e. The van der Waals surface area contributed by atoms with Crippen LogP contribution in [0.3, 0.4) is 0 Å². The fourth-order valence-electron chi connectivity index (χ4n) is 2.92. The molecular formula is C16H20N2O2. The summed E-state index contributed by atoms with van der Waals surface area (Å²) in [6, 6.07) is 6.32. The molecule has 20 heavy (non-hydrogen) atoms. The van der Waals surface area contributed by atoms with Crippen molar-refractivity contribution < 1.29 is 9.59 Å². The quantitative estimate of drug-likeness (QED) is 0.852. The second kappa shape index (κ2) is 5.02. The van der Waals surface area contributed by atoms with Gasteiger partial charge in [0, 0.05) is 18.7 Å². The molecule has 4 nitrogen and oxygen atoms in total. The summed E-state index contributed by atoms with van der Waals surface area (Å²) in [5.41, 5.74) is 2.71. The Hall–Kier alpha value is -1.68. The highest BCUT2D eigenvalue weighted by Gasteiger charge is 2.34. The molecule has 1 aliphatic heterocycles. The molecule has 1 fully saturated rings. The zero-order valence-corrected chi connectivity index (χ0v) is 12.0. The molecule has 0 radical (unpaired) electrons. The summed E-state index contributed by atoms with van der Waals surface area (Å²) in [5.74, 6) is 0.385. The van der Waals surface area contributed by atoms with E-state index < -0.39 is 0 Å². The highest BCUT2D eigenvalue weighted by Crippen LogP contribution is 2.41. The third-order valence-electron chi connectivity index (χ3n) is 4.26. The Labute approximate surface area is 119 Å². The van der Waals surface area contributed by atoms with Gasteiger partial charge in [0.25, 0.3) is 5.91 Å². The van der Waals surface area contributed by atoms with Crippen molar-refractivity contribution >= 4 is 11.8 Å². The van der Waals surface area contributed by atoms with E-state index in [9.17, 15) is 9.59 Å². The van der Waals surface area contributed by atoms with Crippen LogP contribution in [0.15, 0.2) is 18.2 Å². The number of nitrogens with zero attached hydrogens (tertiary/aromatic N) is 1. The Kier molecular flexibility index (Phi) is 3.34. The minimum Gasteiger partial charge on any atom is -0.310 e. The number of amides is 2. The van der Waals surface area contributed by atoms with Gasteiger partial charge in [-0.05, 0) is 42.5 Å². The van der Waals surface area contributed by atoms with Gasteiger partial charge in [-0.3, -0.25) is 14.5 Å². The van der Waals surface area contributed by atoms with E-state index in [0.29, 0.717) is 23.9 Å². The summed E-state index contributed by atoms with van der Waals surface area (Å²) in [4.78, 5) is 25.2. The SMILES string of the molecule is CCNC(c1ccc2c(c1)C(=O)N(C)C(=O)C2)C1CC1. The zero-order valence-electron chi connectivity index (χ0n) is 12.0. The van der Waals surface area contributed by atoms with Gasteiger partial charge in [0.2, 0.25) is 5.91 Å². The maximum Gasteiger partial charge on any atom is 0.260 e. The number of hydrogen-bond acceptors (Lipinski definition) is 3. The number of rotatable bonds is 4. The first-order chi connectivity index (χ1) is 9.61. The van der Waals surface area contributed by atoms with Crippen LogP contribution in [0.1, 0.15) is 47.3 Å². The Bertz CT molecular complexity index is 564. The van der Waals surface area contributed by atoms with Crippen molar-refractivity contribution in [3.05, 3.63) is 34.9 Å². The minimum atomic E-state index is -0.177. The van der Waals surface area contributed by atoms with E-state index in [2.05, 4.69) is 18.3 Å². The molecule has 106 valence electrons. The van der Waals surface area contributed by atoms with Crippen molar-refractivity contribution in [1.29, 1.82) is 0 Å². The van der Waals surface area contributed by atoms with Gasteiger partial charge in [-0.15, -0.1) is 0 Å². The van der Waals surface area contributed by atoms with Crippen LogP contribution >= 0.6 is 0 Å². The average molecular weight is 272 g/mol. The number of hydrogen-bond donors (Lipinski definition) is 1. The van der Waals surface area contributed by atoms with Crippen molar-refractivity contribution in [2.24, 2.45) is 5.92 Å². The summed E-state index contributed by atoms with van der Waals surface area (Å²) >= 11 is 0. The topological polar surface area (TPSA) is 49.4 Å². The van der Waals surface area contributed by atoms with E-state index in [4.69, 9.17) is 0 Å². The molecule has 0 saturated heterocycles. The summed E-state index contributed by atoms with van der Waals surface area (Å²) in [6.45, 7) is 3.02. The average Bonchev–Trinajstić information content (AvgIpc) is 3.27. The summed E-state index contributed by atoms with van der Waals surface area (Å²) in [5, 5.41) is 3.51. The molecular weight excluding hydrogens is 252 g/mol. The maximum atomic E-state index is 12.2. The number of benzene rings is 1. The third-order valence-corrected chi connectivity index (χ3v) is 4.26. The molecule has 1 atom stereocenters. The number of fused-ring (bicyclic) bond motifs is 1. The van der Waals surface area contributed by atoms with Gasteiger partial charge in [-0.25, -0.2) is 0 Å². The number of imide groups is 1. The van der Waals surface area contributed by atoms with Gasteiger partial charge in [-0.2, -0.15) is 0 Å². The van der Waals surface area contributed by atoms with Crippen molar-refractivity contribution in [3.63, 3.8) is 0 Å². The van der Waals surface area contributed by atoms with Gasteiger partial charge in [0.05, 0.1) is 6.42 Å². The molecule has 4 heteroatoms. The van der Waals surface area contributed by atoms with Gasteiger partial charge in [-0.1, -0.05) is 19.1 Å². The van der Waals surface area contributed by atoms with E-state index in [0.717, 1.165) is 12.1 Å². The Morgan fingerprint density at radius 2 is 2.10 bits per heavy atom. The number of carbonyl (C=O) groups excluding carboxylic acids is 2. The molecule has 1 aromatic rings. The van der Waals surface area contributed by atoms with Crippen molar-refractivity contribution in [2.45, 2.75) is 32.2 Å². The highest BCUT2D eigenvalue weighted by molar-refractivity contribution is 6.09.